The lowest BCUT2D eigenvalue weighted by atomic mass is 9.87. The maximum atomic E-state index is 12.6. The number of thioether (sulfide) groups is 1. The van der Waals surface area contributed by atoms with Crippen molar-refractivity contribution in [2.75, 3.05) is 18.8 Å². The summed E-state index contributed by atoms with van der Waals surface area (Å²) in [4.78, 5) is 14.5. The summed E-state index contributed by atoms with van der Waals surface area (Å²) in [6, 6.07) is 16.6. The average Bonchev–Trinajstić information content (AvgIpc) is 3.42. The van der Waals surface area contributed by atoms with E-state index in [1.165, 1.54) is 17.3 Å². The summed E-state index contributed by atoms with van der Waals surface area (Å²) < 4.78 is 3.05. The van der Waals surface area contributed by atoms with E-state index in [9.17, 15) is 4.79 Å². The highest BCUT2D eigenvalue weighted by atomic mass is 79.9. The highest BCUT2D eigenvalue weighted by Crippen LogP contribution is 2.31. The fourth-order valence-corrected chi connectivity index (χ4v) is 4.80. The van der Waals surface area contributed by atoms with E-state index in [2.05, 4.69) is 71.2 Å². The molecule has 162 valence electrons. The minimum Gasteiger partial charge on any atom is -0.342 e. The molecular weight excluding hydrogens is 472 g/mol. The van der Waals surface area contributed by atoms with E-state index in [1.54, 1.807) is 0 Å². The summed E-state index contributed by atoms with van der Waals surface area (Å²) in [6.45, 7) is 8.35. The summed E-state index contributed by atoms with van der Waals surface area (Å²) in [5, 5.41) is 9.69. The molecule has 4 rings (SSSR count). The summed E-state index contributed by atoms with van der Waals surface area (Å²) in [7, 11) is 0. The Morgan fingerprint density at radius 1 is 1.00 bits per heavy atom. The number of carbonyl (C=O) groups excluding carboxylic acids is 1. The minimum absolute atomic E-state index is 0.0921. The number of rotatable bonds is 5. The van der Waals surface area contributed by atoms with Crippen molar-refractivity contribution in [3.63, 3.8) is 0 Å². The molecular formula is C24H27BrN4OS. The molecule has 0 aliphatic carbocycles. The first kappa shape index (κ1) is 22.1. The Morgan fingerprint density at radius 2 is 1.65 bits per heavy atom. The third kappa shape index (κ3) is 5.04. The van der Waals surface area contributed by atoms with Gasteiger partial charge in [-0.1, -0.05) is 72.7 Å². The van der Waals surface area contributed by atoms with Gasteiger partial charge in [-0.05, 0) is 48.1 Å². The molecule has 1 aliphatic heterocycles. The smallest absolute Gasteiger partial charge is 0.233 e. The van der Waals surface area contributed by atoms with Crippen molar-refractivity contribution in [2.24, 2.45) is 0 Å². The Hall–Kier alpha value is -2.12. The van der Waals surface area contributed by atoms with Crippen molar-refractivity contribution in [2.45, 2.75) is 44.2 Å². The van der Waals surface area contributed by atoms with Crippen molar-refractivity contribution in [1.29, 1.82) is 0 Å². The average molecular weight is 499 g/mol. The van der Waals surface area contributed by atoms with E-state index in [-0.39, 0.29) is 11.3 Å². The standard InChI is InChI=1S/C24H27BrN4OS/c1-24(2,3)18-8-6-17(7-9-18)22-26-27-23(29(22)20-12-10-19(25)11-13-20)31-16-21(30)28-14-4-5-15-28/h6-13H,4-5,14-16H2,1-3H3. The quantitative estimate of drug-likeness (QED) is 0.422. The topological polar surface area (TPSA) is 51.0 Å². The molecule has 0 N–H and O–H groups in total. The van der Waals surface area contributed by atoms with Crippen molar-refractivity contribution >= 4 is 33.6 Å². The van der Waals surface area contributed by atoms with E-state index in [4.69, 9.17) is 0 Å². The number of aromatic nitrogens is 3. The fraction of sp³-hybridized carbons (Fsp3) is 0.375. The van der Waals surface area contributed by atoms with Gasteiger partial charge in [0.25, 0.3) is 0 Å². The molecule has 1 amide bonds. The van der Waals surface area contributed by atoms with Crippen LogP contribution in [0.2, 0.25) is 0 Å². The highest BCUT2D eigenvalue weighted by Gasteiger charge is 2.22. The lowest BCUT2D eigenvalue weighted by Gasteiger charge is -2.19. The molecule has 0 unspecified atom stereocenters. The van der Waals surface area contributed by atoms with Gasteiger partial charge in [0.2, 0.25) is 5.91 Å². The first-order valence-electron chi connectivity index (χ1n) is 10.6. The maximum Gasteiger partial charge on any atom is 0.233 e. The normalized spacial score (nSPS) is 14.3. The molecule has 0 bridgehead atoms. The number of likely N-dealkylation sites (tertiary alicyclic amines) is 1. The Labute approximate surface area is 196 Å². The molecule has 0 atom stereocenters. The van der Waals surface area contributed by atoms with Gasteiger partial charge in [-0.2, -0.15) is 0 Å². The Bertz CT molecular complexity index is 1050. The Balaban J connectivity index is 1.66. The SMILES string of the molecule is CC(C)(C)c1ccc(-c2nnc(SCC(=O)N3CCCC3)n2-c2ccc(Br)cc2)cc1. The molecule has 31 heavy (non-hydrogen) atoms. The van der Waals surface area contributed by atoms with E-state index in [1.807, 2.05) is 33.7 Å². The number of carbonyl (C=O) groups is 1. The maximum absolute atomic E-state index is 12.6. The number of halogens is 1. The van der Waals surface area contributed by atoms with Crippen molar-refractivity contribution in [3.05, 3.63) is 58.6 Å². The second kappa shape index (κ2) is 9.17. The molecule has 1 aliphatic rings. The molecule has 1 fully saturated rings. The lowest BCUT2D eigenvalue weighted by molar-refractivity contribution is -0.127. The second-order valence-electron chi connectivity index (χ2n) is 8.82. The zero-order valence-corrected chi connectivity index (χ0v) is 20.5. The van der Waals surface area contributed by atoms with Crippen LogP contribution in [0.1, 0.15) is 39.2 Å². The van der Waals surface area contributed by atoms with Gasteiger partial charge in [-0.25, -0.2) is 0 Å². The van der Waals surface area contributed by atoms with Gasteiger partial charge >= 0.3 is 0 Å². The third-order valence-electron chi connectivity index (χ3n) is 5.51. The van der Waals surface area contributed by atoms with Crippen molar-refractivity contribution in [1.82, 2.24) is 19.7 Å². The number of amides is 1. The van der Waals surface area contributed by atoms with Crippen molar-refractivity contribution < 1.29 is 4.79 Å². The van der Waals surface area contributed by atoms with E-state index in [0.29, 0.717) is 5.75 Å². The summed E-state index contributed by atoms with van der Waals surface area (Å²) >= 11 is 4.96. The number of hydrogen-bond acceptors (Lipinski definition) is 4. The summed E-state index contributed by atoms with van der Waals surface area (Å²) in [6.07, 6.45) is 2.19. The Morgan fingerprint density at radius 3 is 2.26 bits per heavy atom. The number of benzene rings is 2. The van der Waals surface area contributed by atoms with Gasteiger partial charge in [0.1, 0.15) is 0 Å². The van der Waals surface area contributed by atoms with Crippen LogP contribution in [0.3, 0.4) is 0 Å². The summed E-state index contributed by atoms with van der Waals surface area (Å²) in [5.41, 5.74) is 3.34. The Kier molecular flexibility index (Phi) is 6.53. The number of nitrogens with zero attached hydrogens (tertiary/aromatic N) is 4. The largest absolute Gasteiger partial charge is 0.342 e. The van der Waals surface area contributed by atoms with Gasteiger partial charge in [0, 0.05) is 28.8 Å². The van der Waals surface area contributed by atoms with Gasteiger partial charge in [0.15, 0.2) is 11.0 Å². The van der Waals surface area contributed by atoms with Crippen molar-refractivity contribution in [3.8, 4) is 17.1 Å². The number of hydrogen-bond donors (Lipinski definition) is 0. The molecule has 1 aromatic heterocycles. The molecule has 0 radical (unpaired) electrons. The van der Waals surface area contributed by atoms with Gasteiger partial charge in [-0.15, -0.1) is 10.2 Å². The van der Waals surface area contributed by atoms with Crippen LogP contribution in [0.15, 0.2) is 58.2 Å². The molecule has 0 saturated carbocycles. The highest BCUT2D eigenvalue weighted by molar-refractivity contribution is 9.10. The van der Waals surface area contributed by atoms with Gasteiger partial charge in [0.05, 0.1) is 5.75 Å². The van der Waals surface area contributed by atoms with Crippen LogP contribution in [0, 0.1) is 0 Å². The van der Waals surface area contributed by atoms with Crippen LogP contribution in [0.4, 0.5) is 0 Å². The molecule has 5 nitrogen and oxygen atoms in total. The molecule has 2 aromatic carbocycles. The van der Waals surface area contributed by atoms with E-state index < -0.39 is 0 Å². The molecule has 2 heterocycles. The third-order valence-corrected chi connectivity index (χ3v) is 6.95. The van der Waals surface area contributed by atoms with Crippen LogP contribution >= 0.6 is 27.7 Å². The lowest BCUT2D eigenvalue weighted by Crippen LogP contribution is -2.29. The molecule has 1 saturated heterocycles. The first-order valence-corrected chi connectivity index (χ1v) is 12.3. The van der Waals surface area contributed by atoms with Crippen LogP contribution in [-0.2, 0) is 10.2 Å². The second-order valence-corrected chi connectivity index (χ2v) is 10.7. The predicted molar refractivity (Wildman–Crippen MR) is 130 cm³/mol. The fourth-order valence-electron chi connectivity index (χ4n) is 3.68. The zero-order valence-electron chi connectivity index (χ0n) is 18.1. The van der Waals surface area contributed by atoms with Crippen LogP contribution in [0.5, 0.6) is 0 Å². The zero-order chi connectivity index (χ0) is 22.0. The molecule has 0 spiro atoms. The summed E-state index contributed by atoms with van der Waals surface area (Å²) in [5.74, 6) is 1.32. The van der Waals surface area contributed by atoms with E-state index >= 15 is 0 Å². The predicted octanol–water partition coefficient (Wildman–Crippen LogP) is 5.71. The minimum atomic E-state index is 0.0921. The van der Waals surface area contributed by atoms with E-state index in [0.717, 1.165) is 52.6 Å². The van der Waals surface area contributed by atoms with Crippen LogP contribution in [-0.4, -0.2) is 44.4 Å². The first-order chi connectivity index (χ1) is 14.8. The van der Waals surface area contributed by atoms with Gasteiger partial charge < -0.3 is 4.90 Å². The van der Waals surface area contributed by atoms with Gasteiger partial charge in [-0.3, -0.25) is 9.36 Å². The van der Waals surface area contributed by atoms with Crippen LogP contribution in [0.25, 0.3) is 17.1 Å². The molecule has 7 heteroatoms. The monoisotopic (exact) mass is 498 g/mol. The molecule has 3 aromatic rings. The van der Waals surface area contributed by atoms with Crippen LogP contribution < -0.4 is 0 Å².